The number of carbonyl (C=O) groups excluding carboxylic acids is 1. The number of pyridine rings is 2. The van der Waals surface area contributed by atoms with Crippen LogP contribution in [0.3, 0.4) is 0 Å². The third-order valence-corrected chi connectivity index (χ3v) is 8.08. The van der Waals surface area contributed by atoms with Gasteiger partial charge in [-0.1, -0.05) is 26.8 Å². The van der Waals surface area contributed by atoms with Gasteiger partial charge in [0.2, 0.25) is 0 Å². The zero-order valence-corrected chi connectivity index (χ0v) is 20.7. The van der Waals surface area contributed by atoms with Crippen molar-refractivity contribution in [3.8, 4) is 0 Å². The van der Waals surface area contributed by atoms with E-state index in [-0.39, 0.29) is 27.4 Å². The lowest BCUT2D eigenvalue weighted by atomic mass is 9.84. The Bertz CT molecular complexity index is 1180. The Morgan fingerprint density at radius 2 is 1.82 bits per heavy atom. The average Bonchev–Trinajstić information content (AvgIpc) is 3.49. The fourth-order valence-electron chi connectivity index (χ4n) is 4.86. The molecule has 0 aromatic carbocycles. The summed E-state index contributed by atoms with van der Waals surface area (Å²) in [5, 5.41) is -0.299. The minimum Gasteiger partial charge on any atom is -0.384 e. The summed E-state index contributed by atoms with van der Waals surface area (Å²) in [6, 6.07) is 7.75. The highest BCUT2D eigenvalue weighted by atomic mass is 32.2. The predicted octanol–water partition coefficient (Wildman–Crippen LogP) is 3.49. The van der Waals surface area contributed by atoms with Crippen LogP contribution in [0.15, 0.2) is 35.4 Å². The largest absolute Gasteiger partial charge is 0.384 e. The Kier molecular flexibility index (Phi) is 5.67. The number of nitrogens with one attached hydrogen (secondary N) is 1. The Morgan fingerprint density at radius 3 is 2.42 bits per heavy atom. The molecule has 1 amide bonds. The van der Waals surface area contributed by atoms with Crippen LogP contribution in [-0.4, -0.2) is 36.4 Å². The molecule has 9 heteroatoms. The van der Waals surface area contributed by atoms with Gasteiger partial charge in [0.05, 0.1) is 5.56 Å². The summed E-state index contributed by atoms with van der Waals surface area (Å²) in [5.41, 5.74) is 6.30. The second kappa shape index (κ2) is 7.97. The van der Waals surface area contributed by atoms with Crippen molar-refractivity contribution in [3.05, 3.63) is 41.6 Å². The van der Waals surface area contributed by atoms with Gasteiger partial charge < -0.3 is 10.6 Å². The first kappa shape index (κ1) is 23.5. The van der Waals surface area contributed by atoms with E-state index in [2.05, 4.69) is 49.2 Å². The fraction of sp³-hybridized carbons (Fsp3) is 0.542. The van der Waals surface area contributed by atoms with Gasteiger partial charge in [0, 0.05) is 23.2 Å². The molecule has 0 spiro atoms. The highest BCUT2D eigenvalue weighted by molar-refractivity contribution is 7.90. The molecule has 1 saturated heterocycles. The number of hydrogen-bond donors (Lipinski definition) is 2. The summed E-state index contributed by atoms with van der Waals surface area (Å²) in [4.78, 5) is 24.2. The Morgan fingerprint density at radius 1 is 1.12 bits per heavy atom. The maximum atomic E-state index is 13.3. The molecule has 4 rings (SSSR count). The number of anilines is 2. The molecule has 178 valence electrons. The minimum atomic E-state index is -4.19. The standard InChI is InChI=1S/C24H33N5O3S/c1-23(2,3)18-12-11-16(22(30)28-33(31,32)20-8-6-7-19(25)27-20)21(26-18)29-14-13-17(15-9-10-15)24(29,4)5/h6-8,11-12,15,17H,9-10,13-14H2,1-5H3,(H2,25,27)(H,28,30). The van der Waals surface area contributed by atoms with Crippen LogP contribution in [0, 0.1) is 11.8 Å². The van der Waals surface area contributed by atoms with Crippen LogP contribution in [0.5, 0.6) is 0 Å². The maximum absolute atomic E-state index is 13.3. The number of sulfonamides is 1. The van der Waals surface area contributed by atoms with E-state index in [1.807, 2.05) is 0 Å². The van der Waals surface area contributed by atoms with Crippen LogP contribution in [0.4, 0.5) is 11.6 Å². The monoisotopic (exact) mass is 471 g/mol. The summed E-state index contributed by atoms with van der Waals surface area (Å²) in [5.74, 6) is 1.10. The van der Waals surface area contributed by atoms with Gasteiger partial charge in [-0.15, -0.1) is 0 Å². The second-order valence-corrected chi connectivity index (χ2v) is 12.3. The van der Waals surface area contributed by atoms with Gasteiger partial charge in [0.15, 0.2) is 5.03 Å². The SMILES string of the molecule is CC(C)(C)c1ccc(C(=O)NS(=O)(=O)c2cccc(N)n2)c(N2CCC(C3CC3)C2(C)C)n1. The first-order valence-corrected chi connectivity index (χ1v) is 12.9. The van der Waals surface area contributed by atoms with Crippen molar-refractivity contribution in [1.82, 2.24) is 14.7 Å². The van der Waals surface area contributed by atoms with Crippen LogP contribution in [-0.2, 0) is 15.4 Å². The number of amides is 1. The molecule has 2 aromatic rings. The Labute approximate surface area is 196 Å². The molecular formula is C24H33N5O3S. The first-order chi connectivity index (χ1) is 15.3. The number of nitrogens with zero attached hydrogens (tertiary/aromatic N) is 3. The normalized spacial score (nSPS) is 20.6. The molecule has 1 unspecified atom stereocenters. The van der Waals surface area contributed by atoms with Crippen molar-refractivity contribution in [3.63, 3.8) is 0 Å². The number of nitrogen functional groups attached to an aromatic ring is 1. The lowest BCUT2D eigenvalue weighted by Crippen LogP contribution is -2.45. The molecule has 3 heterocycles. The molecule has 2 aromatic heterocycles. The van der Waals surface area contributed by atoms with Gasteiger partial charge in [0.1, 0.15) is 11.6 Å². The number of carbonyl (C=O) groups is 1. The smallest absolute Gasteiger partial charge is 0.281 e. The minimum absolute atomic E-state index is 0.0622. The molecule has 1 aliphatic carbocycles. The number of nitrogens with two attached hydrogens (primary N) is 1. The molecule has 1 aliphatic heterocycles. The third-order valence-electron chi connectivity index (χ3n) is 6.85. The zero-order valence-electron chi connectivity index (χ0n) is 19.9. The molecule has 33 heavy (non-hydrogen) atoms. The number of aromatic nitrogens is 2. The Hall–Kier alpha value is -2.68. The van der Waals surface area contributed by atoms with E-state index in [4.69, 9.17) is 10.7 Å². The van der Waals surface area contributed by atoms with Crippen molar-refractivity contribution >= 4 is 27.6 Å². The van der Waals surface area contributed by atoms with Crippen molar-refractivity contribution in [2.45, 2.75) is 69.9 Å². The number of hydrogen-bond acceptors (Lipinski definition) is 7. The van der Waals surface area contributed by atoms with Crippen LogP contribution >= 0.6 is 0 Å². The average molecular weight is 472 g/mol. The summed E-state index contributed by atoms with van der Waals surface area (Å²) in [6.07, 6.45) is 3.53. The van der Waals surface area contributed by atoms with Crippen LogP contribution in [0.25, 0.3) is 0 Å². The first-order valence-electron chi connectivity index (χ1n) is 11.4. The fourth-order valence-corrected chi connectivity index (χ4v) is 5.80. The topological polar surface area (TPSA) is 118 Å². The van der Waals surface area contributed by atoms with Gasteiger partial charge in [-0.05, 0) is 69.2 Å². The van der Waals surface area contributed by atoms with E-state index < -0.39 is 15.9 Å². The lowest BCUT2D eigenvalue weighted by Gasteiger charge is -2.38. The van der Waals surface area contributed by atoms with Crippen molar-refractivity contribution < 1.29 is 13.2 Å². The van der Waals surface area contributed by atoms with E-state index in [0.717, 1.165) is 18.7 Å². The van der Waals surface area contributed by atoms with Gasteiger partial charge in [0.25, 0.3) is 15.9 Å². The van der Waals surface area contributed by atoms with Gasteiger partial charge >= 0.3 is 0 Å². The number of rotatable bonds is 5. The summed E-state index contributed by atoms with van der Waals surface area (Å²) >= 11 is 0. The third kappa shape index (κ3) is 4.55. The molecule has 0 radical (unpaired) electrons. The lowest BCUT2D eigenvalue weighted by molar-refractivity contribution is 0.0981. The molecule has 2 fully saturated rings. The van der Waals surface area contributed by atoms with Crippen LogP contribution in [0.1, 0.15) is 69.9 Å². The van der Waals surface area contributed by atoms with Crippen LogP contribution in [0.2, 0.25) is 0 Å². The molecule has 3 N–H and O–H groups in total. The van der Waals surface area contributed by atoms with Crippen molar-refractivity contribution in [2.24, 2.45) is 11.8 Å². The van der Waals surface area contributed by atoms with Gasteiger partial charge in [-0.2, -0.15) is 8.42 Å². The Balaban J connectivity index is 1.73. The molecule has 2 aliphatic rings. The quantitative estimate of drug-likeness (QED) is 0.685. The second-order valence-electron chi connectivity index (χ2n) is 10.7. The van der Waals surface area contributed by atoms with Gasteiger partial charge in [-0.3, -0.25) is 4.79 Å². The summed E-state index contributed by atoms with van der Waals surface area (Å²) in [7, 11) is -4.19. The summed E-state index contributed by atoms with van der Waals surface area (Å²) < 4.78 is 27.8. The van der Waals surface area contributed by atoms with Crippen molar-refractivity contribution in [1.29, 1.82) is 0 Å². The summed E-state index contributed by atoms with van der Waals surface area (Å²) in [6.45, 7) is 11.4. The molecule has 1 atom stereocenters. The van der Waals surface area contributed by atoms with E-state index >= 15 is 0 Å². The molecule has 8 nitrogen and oxygen atoms in total. The van der Waals surface area contributed by atoms with Gasteiger partial charge in [-0.25, -0.2) is 14.7 Å². The van der Waals surface area contributed by atoms with E-state index in [1.165, 1.54) is 31.0 Å². The van der Waals surface area contributed by atoms with Crippen LogP contribution < -0.4 is 15.4 Å². The highest BCUT2D eigenvalue weighted by Crippen LogP contribution is 2.50. The molecular weight excluding hydrogens is 438 g/mol. The predicted molar refractivity (Wildman–Crippen MR) is 128 cm³/mol. The van der Waals surface area contributed by atoms with Crippen molar-refractivity contribution in [2.75, 3.05) is 17.2 Å². The van der Waals surface area contributed by atoms with E-state index in [0.29, 0.717) is 17.7 Å². The zero-order chi connectivity index (χ0) is 24.2. The highest BCUT2D eigenvalue weighted by Gasteiger charge is 2.49. The molecule has 0 bridgehead atoms. The molecule has 1 saturated carbocycles. The van der Waals surface area contributed by atoms with E-state index in [1.54, 1.807) is 12.1 Å². The van der Waals surface area contributed by atoms with E-state index in [9.17, 15) is 13.2 Å². The maximum Gasteiger partial charge on any atom is 0.281 e.